The summed E-state index contributed by atoms with van der Waals surface area (Å²) in [7, 11) is 0. The third kappa shape index (κ3) is 1.65. The molecule has 0 spiro atoms. The Morgan fingerprint density at radius 1 is 1.33 bits per heavy atom. The number of benzene rings is 1. The van der Waals surface area contributed by atoms with Gasteiger partial charge in [-0.1, -0.05) is 0 Å². The molecule has 0 unspecified atom stereocenters. The average molecular weight is 197 g/mol. The summed E-state index contributed by atoms with van der Waals surface area (Å²) < 4.78 is 5.19. The summed E-state index contributed by atoms with van der Waals surface area (Å²) in [6, 6.07) is 10.4. The minimum Gasteiger partial charge on any atom is -0.464 e. The van der Waals surface area contributed by atoms with Gasteiger partial charge in [0, 0.05) is 11.1 Å². The number of aldehydes is 1. The number of hydrogen-bond acceptors (Lipinski definition) is 3. The molecule has 0 radical (unpaired) electrons. The Kier molecular flexibility index (Phi) is 2.34. The molecule has 3 nitrogen and oxygen atoms in total. The van der Waals surface area contributed by atoms with Crippen LogP contribution in [0, 0.1) is 11.3 Å². The van der Waals surface area contributed by atoms with Crippen LogP contribution in [-0.2, 0) is 0 Å². The van der Waals surface area contributed by atoms with Crippen molar-refractivity contribution in [3.8, 4) is 17.4 Å². The van der Waals surface area contributed by atoms with E-state index in [2.05, 4.69) is 0 Å². The summed E-state index contributed by atoms with van der Waals surface area (Å²) in [5.41, 5.74) is 1.67. The first-order valence-electron chi connectivity index (χ1n) is 4.38. The summed E-state index contributed by atoms with van der Waals surface area (Å²) in [6.07, 6.45) is 2.28. The van der Waals surface area contributed by atoms with Crippen molar-refractivity contribution >= 4 is 6.29 Å². The third-order valence-electron chi connectivity index (χ3n) is 2.10. The van der Waals surface area contributed by atoms with Gasteiger partial charge in [0.15, 0.2) is 6.29 Å². The fourth-order valence-corrected chi connectivity index (χ4v) is 1.37. The van der Waals surface area contributed by atoms with Gasteiger partial charge in [0.05, 0.1) is 17.9 Å². The van der Waals surface area contributed by atoms with Crippen LogP contribution < -0.4 is 0 Å². The lowest BCUT2D eigenvalue weighted by molar-refractivity contribution is 0.112. The van der Waals surface area contributed by atoms with Crippen molar-refractivity contribution in [3.05, 3.63) is 47.7 Å². The van der Waals surface area contributed by atoms with Crippen molar-refractivity contribution in [3.63, 3.8) is 0 Å². The molecule has 0 fully saturated rings. The second-order valence-corrected chi connectivity index (χ2v) is 3.01. The van der Waals surface area contributed by atoms with Crippen LogP contribution in [-0.4, -0.2) is 6.29 Å². The van der Waals surface area contributed by atoms with Crippen LogP contribution >= 0.6 is 0 Å². The maximum atomic E-state index is 10.8. The number of nitrogens with zero attached hydrogens (tertiary/aromatic N) is 1. The second-order valence-electron chi connectivity index (χ2n) is 3.01. The Bertz CT molecular complexity index is 521. The predicted molar refractivity (Wildman–Crippen MR) is 54.2 cm³/mol. The van der Waals surface area contributed by atoms with E-state index in [9.17, 15) is 4.79 Å². The number of rotatable bonds is 2. The zero-order chi connectivity index (χ0) is 10.7. The quantitative estimate of drug-likeness (QED) is 0.695. The molecule has 0 amide bonds. The van der Waals surface area contributed by atoms with Gasteiger partial charge in [0.1, 0.15) is 5.76 Å². The number of hydrogen-bond donors (Lipinski definition) is 0. The zero-order valence-electron chi connectivity index (χ0n) is 7.81. The molecule has 0 aliphatic heterocycles. The van der Waals surface area contributed by atoms with E-state index >= 15 is 0 Å². The third-order valence-corrected chi connectivity index (χ3v) is 2.10. The van der Waals surface area contributed by atoms with Gasteiger partial charge in [-0.15, -0.1) is 0 Å². The molecule has 2 aromatic rings. The Balaban J connectivity index is 2.63. The van der Waals surface area contributed by atoms with E-state index in [1.807, 2.05) is 6.07 Å². The highest BCUT2D eigenvalue weighted by molar-refractivity contribution is 5.86. The Morgan fingerprint density at radius 3 is 2.80 bits per heavy atom. The van der Waals surface area contributed by atoms with Crippen molar-refractivity contribution in [2.75, 3.05) is 0 Å². The first kappa shape index (κ1) is 9.22. The van der Waals surface area contributed by atoms with Crippen molar-refractivity contribution < 1.29 is 9.21 Å². The predicted octanol–water partition coefficient (Wildman–Crippen LogP) is 2.63. The molecule has 0 aliphatic rings. The van der Waals surface area contributed by atoms with Crippen molar-refractivity contribution in [2.24, 2.45) is 0 Å². The van der Waals surface area contributed by atoms with Crippen molar-refractivity contribution in [1.29, 1.82) is 5.26 Å². The van der Waals surface area contributed by atoms with Gasteiger partial charge >= 0.3 is 0 Å². The molecule has 1 heterocycles. The van der Waals surface area contributed by atoms with Crippen LogP contribution in [0.5, 0.6) is 0 Å². The lowest BCUT2D eigenvalue weighted by Crippen LogP contribution is -1.87. The van der Waals surface area contributed by atoms with Gasteiger partial charge in [-0.25, -0.2) is 0 Å². The summed E-state index contributed by atoms with van der Waals surface area (Å²) in [4.78, 5) is 10.8. The Morgan fingerprint density at radius 2 is 2.20 bits per heavy atom. The molecule has 15 heavy (non-hydrogen) atoms. The van der Waals surface area contributed by atoms with Crippen LogP contribution in [0.2, 0.25) is 0 Å². The van der Waals surface area contributed by atoms with Gasteiger partial charge in [-0.3, -0.25) is 4.79 Å². The van der Waals surface area contributed by atoms with E-state index in [-0.39, 0.29) is 0 Å². The maximum absolute atomic E-state index is 10.8. The summed E-state index contributed by atoms with van der Waals surface area (Å²) >= 11 is 0. The van der Waals surface area contributed by atoms with E-state index in [1.165, 1.54) is 6.26 Å². The first-order chi connectivity index (χ1) is 7.35. The molecule has 1 aromatic heterocycles. The molecular weight excluding hydrogens is 190 g/mol. The van der Waals surface area contributed by atoms with Crippen LogP contribution in [0.1, 0.15) is 15.9 Å². The van der Waals surface area contributed by atoms with Crippen molar-refractivity contribution in [2.45, 2.75) is 0 Å². The highest BCUT2D eigenvalue weighted by Crippen LogP contribution is 2.24. The maximum Gasteiger partial charge on any atom is 0.150 e. The molecule has 0 aliphatic carbocycles. The fraction of sp³-hybridized carbons (Fsp3) is 0. The normalized spacial score (nSPS) is 9.53. The van der Waals surface area contributed by atoms with Gasteiger partial charge < -0.3 is 4.42 Å². The first-order valence-corrected chi connectivity index (χ1v) is 4.38. The molecule has 72 valence electrons. The van der Waals surface area contributed by atoms with Gasteiger partial charge in [-0.05, 0) is 30.3 Å². The molecule has 0 saturated heterocycles. The fourth-order valence-electron chi connectivity index (χ4n) is 1.37. The van der Waals surface area contributed by atoms with E-state index in [0.29, 0.717) is 22.5 Å². The van der Waals surface area contributed by atoms with Crippen LogP contribution in [0.4, 0.5) is 0 Å². The number of furan rings is 1. The van der Waals surface area contributed by atoms with E-state index < -0.39 is 0 Å². The van der Waals surface area contributed by atoms with Gasteiger partial charge in [0.25, 0.3) is 0 Å². The SMILES string of the molecule is N#Cc1ccc(C=O)c(-c2ccco2)c1. The molecule has 1 aromatic carbocycles. The molecule has 3 heteroatoms. The highest BCUT2D eigenvalue weighted by atomic mass is 16.3. The molecule has 0 N–H and O–H groups in total. The minimum atomic E-state index is 0.506. The summed E-state index contributed by atoms with van der Waals surface area (Å²) in [6.45, 7) is 0. The topological polar surface area (TPSA) is 54.0 Å². The second kappa shape index (κ2) is 3.81. The molecule has 2 rings (SSSR count). The number of carbonyl (C=O) groups is 1. The lowest BCUT2D eigenvalue weighted by Gasteiger charge is -2.01. The largest absolute Gasteiger partial charge is 0.464 e. The molecule has 0 bridgehead atoms. The molecule has 0 saturated carbocycles. The monoisotopic (exact) mass is 197 g/mol. The highest BCUT2D eigenvalue weighted by Gasteiger charge is 2.07. The van der Waals surface area contributed by atoms with Crippen LogP contribution in [0.25, 0.3) is 11.3 Å². The standard InChI is InChI=1S/C12H7NO2/c13-7-9-3-4-10(8-14)11(6-9)12-2-1-5-15-12/h1-6,8H. The number of nitriles is 1. The lowest BCUT2D eigenvalue weighted by atomic mass is 10.0. The van der Waals surface area contributed by atoms with Gasteiger partial charge in [0.2, 0.25) is 0 Å². The summed E-state index contributed by atoms with van der Waals surface area (Å²) in [5, 5.41) is 8.75. The van der Waals surface area contributed by atoms with E-state index in [1.54, 1.807) is 30.3 Å². The van der Waals surface area contributed by atoms with Crippen molar-refractivity contribution in [1.82, 2.24) is 0 Å². The van der Waals surface area contributed by atoms with Gasteiger partial charge in [-0.2, -0.15) is 5.26 Å². The molecular formula is C12H7NO2. The van der Waals surface area contributed by atoms with Crippen LogP contribution in [0.3, 0.4) is 0 Å². The minimum absolute atomic E-state index is 0.506. The Labute approximate surface area is 86.6 Å². The zero-order valence-corrected chi connectivity index (χ0v) is 7.81. The average Bonchev–Trinajstić information content (AvgIpc) is 2.81. The van der Waals surface area contributed by atoms with Crippen LogP contribution in [0.15, 0.2) is 41.0 Å². The van der Waals surface area contributed by atoms with E-state index in [4.69, 9.17) is 9.68 Å². The number of carbonyl (C=O) groups excluding carboxylic acids is 1. The summed E-state index contributed by atoms with van der Waals surface area (Å²) in [5.74, 6) is 0.592. The van der Waals surface area contributed by atoms with E-state index in [0.717, 1.165) is 6.29 Å². The Hall–Kier alpha value is -2.34. The molecule has 0 atom stereocenters. The smallest absolute Gasteiger partial charge is 0.150 e.